The van der Waals surface area contributed by atoms with E-state index in [1.165, 1.54) is 37.7 Å². The highest BCUT2D eigenvalue weighted by atomic mass is 15.0. The molecular formula is C19H31N. The van der Waals surface area contributed by atoms with Crippen LogP contribution in [0.3, 0.4) is 0 Å². The molecule has 112 valence electrons. The van der Waals surface area contributed by atoms with Crippen molar-refractivity contribution in [3.63, 3.8) is 0 Å². The number of hydrogen-bond acceptors (Lipinski definition) is 1. The van der Waals surface area contributed by atoms with Crippen molar-refractivity contribution in [1.82, 2.24) is 5.32 Å². The molecule has 1 N–H and O–H groups in total. The number of rotatable bonds is 3. The Morgan fingerprint density at radius 3 is 2.35 bits per heavy atom. The van der Waals surface area contributed by atoms with Crippen LogP contribution < -0.4 is 5.32 Å². The topological polar surface area (TPSA) is 12.0 Å². The van der Waals surface area contributed by atoms with Gasteiger partial charge in [-0.15, -0.1) is 0 Å². The van der Waals surface area contributed by atoms with Crippen molar-refractivity contribution in [2.24, 2.45) is 11.3 Å². The summed E-state index contributed by atoms with van der Waals surface area (Å²) in [6, 6.07) is 12.1. The Kier molecular flexibility index (Phi) is 5.26. The molecule has 0 aromatic heterocycles. The van der Waals surface area contributed by atoms with Crippen molar-refractivity contribution in [3.8, 4) is 0 Å². The molecule has 1 fully saturated rings. The van der Waals surface area contributed by atoms with Crippen molar-refractivity contribution in [3.05, 3.63) is 35.9 Å². The lowest BCUT2D eigenvalue weighted by atomic mass is 9.81. The molecule has 0 saturated heterocycles. The molecule has 20 heavy (non-hydrogen) atoms. The van der Waals surface area contributed by atoms with Gasteiger partial charge in [0, 0.05) is 12.1 Å². The SMILES string of the molecule is CC1CCCC(NC(c2ccccc2)C(C)(C)C)CC1. The summed E-state index contributed by atoms with van der Waals surface area (Å²) in [5.74, 6) is 0.909. The van der Waals surface area contributed by atoms with E-state index < -0.39 is 0 Å². The van der Waals surface area contributed by atoms with Crippen LogP contribution in [-0.4, -0.2) is 6.04 Å². The second kappa shape index (κ2) is 6.76. The van der Waals surface area contributed by atoms with Crippen LogP contribution in [0.4, 0.5) is 0 Å². The lowest BCUT2D eigenvalue weighted by molar-refractivity contribution is 0.239. The van der Waals surface area contributed by atoms with E-state index in [2.05, 4.69) is 63.3 Å². The van der Waals surface area contributed by atoms with E-state index in [4.69, 9.17) is 0 Å². The maximum Gasteiger partial charge on any atom is 0.0371 e. The highest BCUT2D eigenvalue weighted by Crippen LogP contribution is 2.34. The van der Waals surface area contributed by atoms with E-state index in [9.17, 15) is 0 Å². The Hall–Kier alpha value is -0.820. The predicted octanol–water partition coefficient (Wildman–Crippen LogP) is 5.33. The average molecular weight is 273 g/mol. The number of nitrogens with one attached hydrogen (secondary N) is 1. The molecule has 1 nitrogen and oxygen atoms in total. The van der Waals surface area contributed by atoms with Gasteiger partial charge < -0.3 is 5.32 Å². The Bertz CT molecular complexity index is 390. The van der Waals surface area contributed by atoms with E-state index in [1.807, 2.05) is 0 Å². The lowest BCUT2D eigenvalue weighted by Crippen LogP contribution is -2.39. The molecule has 0 heterocycles. The van der Waals surface area contributed by atoms with Crippen LogP contribution in [-0.2, 0) is 0 Å². The summed E-state index contributed by atoms with van der Waals surface area (Å²) in [6.45, 7) is 9.44. The summed E-state index contributed by atoms with van der Waals surface area (Å²) < 4.78 is 0. The Morgan fingerprint density at radius 2 is 1.70 bits per heavy atom. The Balaban J connectivity index is 2.09. The van der Waals surface area contributed by atoms with E-state index in [1.54, 1.807) is 0 Å². The molecule has 1 aliphatic carbocycles. The molecule has 3 unspecified atom stereocenters. The normalized spacial score (nSPS) is 26.0. The third-order valence-corrected chi connectivity index (χ3v) is 4.66. The fourth-order valence-electron chi connectivity index (χ4n) is 3.38. The predicted molar refractivity (Wildman–Crippen MR) is 87.8 cm³/mol. The van der Waals surface area contributed by atoms with Crippen molar-refractivity contribution in [2.45, 2.75) is 71.9 Å². The van der Waals surface area contributed by atoms with Crippen molar-refractivity contribution < 1.29 is 0 Å². The molecule has 1 aliphatic rings. The molecule has 1 saturated carbocycles. The van der Waals surface area contributed by atoms with Crippen LogP contribution in [0.25, 0.3) is 0 Å². The summed E-state index contributed by atoms with van der Waals surface area (Å²) in [7, 11) is 0. The van der Waals surface area contributed by atoms with Gasteiger partial charge in [0.25, 0.3) is 0 Å². The van der Waals surface area contributed by atoms with Crippen molar-refractivity contribution in [2.75, 3.05) is 0 Å². The highest BCUT2D eigenvalue weighted by Gasteiger charge is 2.28. The fourth-order valence-corrected chi connectivity index (χ4v) is 3.38. The smallest absolute Gasteiger partial charge is 0.0371 e. The van der Waals surface area contributed by atoms with Gasteiger partial charge in [0.2, 0.25) is 0 Å². The summed E-state index contributed by atoms with van der Waals surface area (Å²) in [6.07, 6.45) is 6.84. The molecule has 0 amide bonds. The minimum absolute atomic E-state index is 0.249. The van der Waals surface area contributed by atoms with Crippen LogP contribution in [0.15, 0.2) is 30.3 Å². The second-order valence-electron chi connectivity index (χ2n) is 7.69. The van der Waals surface area contributed by atoms with E-state index >= 15 is 0 Å². The van der Waals surface area contributed by atoms with E-state index in [0.717, 1.165) is 5.92 Å². The van der Waals surface area contributed by atoms with E-state index in [0.29, 0.717) is 12.1 Å². The number of benzene rings is 1. The first-order valence-corrected chi connectivity index (χ1v) is 8.28. The lowest BCUT2D eigenvalue weighted by Gasteiger charge is -2.35. The van der Waals surface area contributed by atoms with Crippen LogP contribution in [0.5, 0.6) is 0 Å². The minimum atomic E-state index is 0.249. The third kappa shape index (κ3) is 4.34. The standard InChI is InChI=1S/C19H31N/c1-15-9-8-12-17(14-13-15)20-18(19(2,3)4)16-10-6-5-7-11-16/h5-7,10-11,15,17-18,20H,8-9,12-14H2,1-4H3. The molecule has 1 aromatic carbocycles. The molecule has 3 atom stereocenters. The summed E-state index contributed by atoms with van der Waals surface area (Å²) in [5, 5.41) is 3.97. The van der Waals surface area contributed by atoms with Crippen LogP contribution >= 0.6 is 0 Å². The van der Waals surface area contributed by atoms with Crippen LogP contribution in [0.2, 0.25) is 0 Å². The van der Waals surface area contributed by atoms with E-state index in [-0.39, 0.29) is 5.41 Å². The second-order valence-corrected chi connectivity index (χ2v) is 7.69. The maximum atomic E-state index is 3.97. The van der Waals surface area contributed by atoms with Gasteiger partial charge in [-0.1, -0.05) is 70.9 Å². The first-order chi connectivity index (χ1) is 9.47. The zero-order chi connectivity index (χ0) is 14.6. The fraction of sp³-hybridized carbons (Fsp3) is 0.684. The van der Waals surface area contributed by atoms with Gasteiger partial charge in [-0.25, -0.2) is 0 Å². The Morgan fingerprint density at radius 1 is 1.00 bits per heavy atom. The van der Waals surface area contributed by atoms with Gasteiger partial charge in [-0.3, -0.25) is 0 Å². The van der Waals surface area contributed by atoms with Gasteiger partial charge in [0.1, 0.15) is 0 Å². The largest absolute Gasteiger partial charge is 0.307 e. The van der Waals surface area contributed by atoms with Gasteiger partial charge in [-0.2, -0.15) is 0 Å². The first kappa shape index (κ1) is 15.6. The quantitative estimate of drug-likeness (QED) is 0.734. The molecule has 2 rings (SSSR count). The Labute approximate surface area is 125 Å². The molecule has 0 radical (unpaired) electrons. The molecule has 0 spiro atoms. The molecule has 1 aromatic rings. The number of hydrogen-bond donors (Lipinski definition) is 1. The van der Waals surface area contributed by atoms with Crippen LogP contribution in [0, 0.1) is 11.3 Å². The molecule has 0 bridgehead atoms. The highest BCUT2D eigenvalue weighted by molar-refractivity contribution is 5.21. The van der Waals surface area contributed by atoms with Crippen LogP contribution in [0.1, 0.15) is 71.4 Å². The average Bonchev–Trinajstić information content (AvgIpc) is 2.60. The van der Waals surface area contributed by atoms with Crippen molar-refractivity contribution in [1.29, 1.82) is 0 Å². The zero-order valence-electron chi connectivity index (χ0n) is 13.7. The molecule has 0 aliphatic heterocycles. The maximum absolute atomic E-state index is 3.97. The van der Waals surface area contributed by atoms with Gasteiger partial charge in [-0.05, 0) is 36.2 Å². The molecular weight excluding hydrogens is 242 g/mol. The third-order valence-electron chi connectivity index (χ3n) is 4.66. The first-order valence-electron chi connectivity index (χ1n) is 8.28. The van der Waals surface area contributed by atoms with Gasteiger partial charge in [0.05, 0.1) is 0 Å². The molecule has 1 heteroatoms. The van der Waals surface area contributed by atoms with Gasteiger partial charge in [0.15, 0.2) is 0 Å². The monoisotopic (exact) mass is 273 g/mol. The van der Waals surface area contributed by atoms with Crippen molar-refractivity contribution >= 4 is 0 Å². The zero-order valence-corrected chi connectivity index (χ0v) is 13.7. The summed E-state index contributed by atoms with van der Waals surface area (Å²) in [4.78, 5) is 0. The van der Waals surface area contributed by atoms with Gasteiger partial charge >= 0.3 is 0 Å². The summed E-state index contributed by atoms with van der Waals surface area (Å²) in [5.41, 5.74) is 1.68. The summed E-state index contributed by atoms with van der Waals surface area (Å²) >= 11 is 0. The minimum Gasteiger partial charge on any atom is -0.307 e.